The highest BCUT2D eigenvalue weighted by molar-refractivity contribution is 5.91. The number of anilines is 3. The van der Waals surface area contributed by atoms with Crippen molar-refractivity contribution >= 4 is 23.1 Å². The van der Waals surface area contributed by atoms with Crippen molar-refractivity contribution in [1.29, 1.82) is 0 Å². The zero-order valence-corrected chi connectivity index (χ0v) is 15.6. The van der Waals surface area contributed by atoms with Crippen LogP contribution in [-0.4, -0.2) is 24.0 Å². The summed E-state index contributed by atoms with van der Waals surface area (Å²) < 4.78 is 5.49. The molecule has 3 aromatic rings. The van der Waals surface area contributed by atoms with E-state index in [2.05, 4.69) is 22.1 Å². The van der Waals surface area contributed by atoms with E-state index >= 15 is 0 Å². The van der Waals surface area contributed by atoms with Crippen LogP contribution in [0, 0.1) is 6.92 Å². The first-order chi connectivity index (χ1) is 13.2. The van der Waals surface area contributed by atoms with Gasteiger partial charge in [0.1, 0.15) is 11.6 Å². The standard InChI is InChI=1S/C22H23N3O2/c1-3-25(19-7-5-4-6-8-19)21-14-11-18(15-23-21)24-22(26)16-27-20-12-9-17(2)10-13-20/h4-15H,3,16H2,1-2H3,(H,24,26). The van der Waals surface area contributed by atoms with Crippen molar-refractivity contribution in [2.75, 3.05) is 23.4 Å². The van der Waals surface area contributed by atoms with Crippen LogP contribution in [0.1, 0.15) is 12.5 Å². The van der Waals surface area contributed by atoms with Gasteiger partial charge < -0.3 is 15.0 Å². The molecule has 1 aromatic heterocycles. The van der Waals surface area contributed by atoms with E-state index in [1.165, 1.54) is 0 Å². The molecule has 1 heterocycles. The molecule has 138 valence electrons. The number of benzene rings is 2. The van der Waals surface area contributed by atoms with Crippen molar-refractivity contribution in [2.24, 2.45) is 0 Å². The first kappa shape index (κ1) is 18.5. The van der Waals surface area contributed by atoms with E-state index in [0.29, 0.717) is 11.4 Å². The first-order valence-corrected chi connectivity index (χ1v) is 8.93. The van der Waals surface area contributed by atoms with Crippen LogP contribution < -0.4 is 15.0 Å². The van der Waals surface area contributed by atoms with Crippen LogP contribution in [0.4, 0.5) is 17.2 Å². The summed E-state index contributed by atoms with van der Waals surface area (Å²) in [6.07, 6.45) is 1.66. The van der Waals surface area contributed by atoms with Crippen LogP contribution in [0.5, 0.6) is 5.75 Å². The van der Waals surface area contributed by atoms with Gasteiger partial charge in [0.05, 0.1) is 11.9 Å². The minimum Gasteiger partial charge on any atom is -0.484 e. The number of hydrogen-bond acceptors (Lipinski definition) is 4. The minimum atomic E-state index is -0.222. The number of carbonyl (C=O) groups excluding carboxylic acids is 1. The van der Waals surface area contributed by atoms with Gasteiger partial charge in [-0.15, -0.1) is 0 Å². The number of carbonyl (C=O) groups is 1. The van der Waals surface area contributed by atoms with E-state index in [9.17, 15) is 4.79 Å². The quantitative estimate of drug-likeness (QED) is 0.670. The zero-order valence-electron chi connectivity index (χ0n) is 15.6. The zero-order chi connectivity index (χ0) is 19.1. The Balaban J connectivity index is 1.58. The Labute approximate surface area is 159 Å². The van der Waals surface area contributed by atoms with E-state index in [1.54, 1.807) is 6.20 Å². The molecule has 2 aromatic carbocycles. The smallest absolute Gasteiger partial charge is 0.262 e. The van der Waals surface area contributed by atoms with Gasteiger partial charge in [0.25, 0.3) is 5.91 Å². The molecule has 0 unspecified atom stereocenters. The number of hydrogen-bond donors (Lipinski definition) is 1. The molecule has 0 bridgehead atoms. The molecular formula is C22H23N3O2. The molecule has 0 aliphatic rings. The topological polar surface area (TPSA) is 54.5 Å². The average Bonchev–Trinajstić information content (AvgIpc) is 2.70. The maximum atomic E-state index is 12.1. The maximum absolute atomic E-state index is 12.1. The van der Waals surface area contributed by atoms with Crippen LogP contribution in [-0.2, 0) is 4.79 Å². The molecule has 5 heteroatoms. The van der Waals surface area contributed by atoms with Gasteiger partial charge in [-0.3, -0.25) is 4.79 Å². The minimum absolute atomic E-state index is 0.0457. The summed E-state index contributed by atoms with van der Waals surface area (Å²) in [5.41, 5.74) is 2.87. The Hall–Kier alpha value is -3.34. The highest BCUT2D eigenvalue weighted by Crippen LogP contribution is 2.23. The van der Waals surface area contributed by atoms with Crippen LogP contribution >= 0.6 is 0 Å². The van der Waals surface area contributed by atoms with Crippen molar-refractivity contribution in [3.05, 3.63) is 78.5 Å². The molecule has 0 aliphatic carbocycles. The summed E-state index contributed by atoms with van der Waals surface area (Å²) in [6, 6.07) is 21.4. The summed E-state index contributed by atoms with van der Waals surface area (Å²) in [5, 5.41) is 2.80. The Morgan fingerprint density at radius 3 is 2.41 bits per heavy atom. The summed E-state index contributed by atoms with van der Waals surface area (Å²) in [7, 11) is 0. The number of pyridine rings is 1. The number of nitrogens with zero attached hydrogens (tertiary/aromatic N) is 2. The Kier molecular flexibility index (Phi) is 6.05. The third-order valence-electron chi connectivity index (χ3n) is 4.08. The molecule has 3 rings (SSSR count). The van der Waals surface area contributed by atoms with Crippen molar-refractivity contribution in [1.82, 2.24) is 4.98 Å². The molecule has 1 amide bonds. The molecule has 5 nitrogen and oxygen atoms in total. The van der Waals surface area contributed by atoms with E-state index in [4.69, 9.17) is 4.74 Å². The number of aromatic nitrogens is 1. The lowest BCUT2D eigenvalue weighted by atomic mass is 10.2. The molecule has 0 saturated carbocycles. The number of para-hydroxylation sites is 1. The van der Waals surface area contributed by atoms with Crippen LogP contribution in [0.3, 0.4) is 0 Å². The molecular weight excluding hydrogens is 338 g/mol. The van der Waals surface area contributed by atoms with Crippen LogP contribution in [0.15, 0.2) is 72.9 Å². The molecule has 1 N–H and O–H groups in total. The van der Waals surface area contributed by atoms with Gasteiger partial charge in [0, 0.05) is 12.2 Å². The van der Waals surface area contributed by atoms with Gasteiger partial charge in [-0.1, -0.05) is 35.9 Å². The van der Waals surface area contributed by atoms with Gasteiger partial charge in [0.2, 0.25) is 0 Å². The van der Waals surface area contributed by atoms with E-state index < -0.39 is 0 Å². The van der Waals surface area contributed by atoms with Crippen molar-refractivity contribution in [3.63, 3.8) is 0 Å². The molecule has 0 spiro atoms. The fourth-order valence-electron chi connectivity index (χ4n) is 2.68. The number of aryl methyl sites for hydroxylation is 1. The maximum Gasteiger partial charge on any atom is 0.262 e. The molecule has 0 saturated heterocycles. The second-order valence-electron chi connectivity index (χ2n) is 6.13. The monoisotopic (exact) mass is 361 g/mol. The van der Waals surface area contributed by atoms with Crippen molar-refractivity contribution in [2.45, 2.75) is 13.8 Å². The Bertz CT molecular complexity index is 862. The van der Waals surface area contributed by atoms with Gasteiger partial charge in [-0.05, 0) is 50.2 Å². The van der Waals surface area contributed by atoms with Gasteiger partial charge in [-0.2, -0.15) is 0 Å². The van der Waals surface area contributed by atoms with Gasteiger partial charge >= 0.3 is 0 Å². The van der Waals surface area contributed by atoms with E-state index in [0.717, 1.165) is 23.6 Å². The summed E-state index contributed by atoms with van der Waals surface area (Å²) in [5.74, 6) is 1.28. The number of ether oxygens (including phenoxy) is 1. The molecule has 0 fully saturated rings. The lowest BCUT2D eigenvalue weighted by Crippen LogP contribution is -2.21. The van der Waals surface area contributed by atoms with Gasteiger partial charge in [0.15, 0.2) is 6.61 Å². The number of amides is 1. The molecule has 0 atom stereocenters. The number of nitrogens with one attached hydrogen (secondary N) is 1. The highest BCUT2D eigenvalue weighted by Gasteiger charge is 2.09. The van der Waals surface area contributed by atoms with Crippen LogP contribution in [0.25, 0.3) is 0 Å². The summed E-state index contributed by atoms with van der Waals surface area (Å²) >= 11 is 0. The lowest BCUT2D eigenvalue weighted by Gasteiger charge is -2.22. The predicted molar refractivity (Wildman–Crippen MR) is 109 cm³/mol. The lowest BCUT2D eigenvalue weighted by molar-refractivity contribution is -0.118. The van der Waals surface area contributed by atoms with Crippen LogP contribution in [0.2, 0.25) is 0 Å². The predicted octanol–water partition coefficient (Wildman–Crippen LogP) is 4.57. The molecule has 0 aliphatic heterocycles. The highest BCUT2D eigenvalue weighted by atomic mass is 16.5. The van der Waals surface area contributed by atoms with E-state index in [-0.39, 0.29) is 12.5 Å². The second kappa shape index (κ2) is 8.85. The Morgan fingerprint density at radius 1 is 1.04 bits per heavy atom. The van der Waals surface area contributed by atoms with E-state index in [1.807, 2.05) is 73.7 Å². The summed E-state index contributed by atoms with van der Waals surface area (Å²) in [6.45, 7) is 4.83. The third-order valence-corrected chi connectivity index (χ3v) is 4.08. The third kappa shape index (κ3) is 5.07. The molecule has 27 heavy (non-hydrogen) atoms. The van der Waals surface area contributed by atoms with Gasteiger partial charge in [-0.25, -0.2) is 4.98 Å². The molecule has 0 radical (unpaired) electrons. The van der Waals surface area contributed by atoms with Crippen molar-refractivity contribution in [3.8, 4) is 5.75 Å². The largest absolute Gasteiger partial charge is 0.484 e. The second-order valence-corrected chi connectivity index (χ2v) is 6.13. The summed E-state index contributed by atoms with van der Waals surface area (Å²) in [4.78, 5) is 18.7. The SMILES string of the molecule is CCN(c1ccccc1)c1ccc(NC(=O)COc2ccc(C)cc2)cn1. The number of rotatable bonds is 7. The first-order valence-electron chi connectivity index (χ1n) is 8.93. The normalized spacial score (nSPS) is 10.3. The Morgan fingerprint density at radius 2 is 1.78 bits per heavy atom. The van der Waals surface area contributed by atoms with Crippen molar-refractivity contribution < 1.29 is 9.53 Å². The average molecular weight is 361 g/mol. The fraction of sp³-hybridized carbons (Fsp3) is 0.182. The fourth-order valence-corrected chi connectivity index (χ4v) is 2.68.